The van der Waals surface area contributed by atoms with Gasteiger partial charge in [0.1, 0.15) is 5.60 Å². The summed E-state index contributed by atoms with van der Waals surface area (Å²) < 4.78 is 5.77. The first-order valence-electron chi connectivity index (χ1n) is 8.28. The van der Waals surface area contributed by atoms with Crippen LogP contribution in [0, 0.1) is 5.41 Å². The summed E-state index contributed by atoms with van der Waals surface area (Å²) in [6, 6.07) is 0. The maximum Gasteiger partial charge on any atom is 0.190 e. The van der Waals surface area contributed by atoms with E-state index in [1.54, 1.807) is 7.11 Å². The zero-order valence-electron chi connectivity index (χ0n) is 13.5. The van der Waals surface area contributed by atoms with E-state index in [1.807, 2.05) is 0 Å². The molecule has 0 atom stereocenters. The molecule has 2 heteroatoms. The van der Waals surface area contributed by atoms with E-state index in [4.69, 9.17) is 4.74 Å². The van der Waals surface area contributed by atoms with Crippen molar-refractivity contribution in [2.75, 3.05) is 7.11 Å². The molecule has 20 heavy (non-hydrogen) atoms. The third-order valence-corrected chi connectivity index (χ3v) is 5.30. The van der Waals surface area contributed by atoms with Crippen molar-refractivity contribution in [3.05, 3.63) is 11.6 Å². The van der Waals surface area contributed by atoms with Crippen molar-refractivity contribution in [2.24, 2.45) is 5.41 Å². The summed E-state index contributed by atoms with van der Waals surface area (Å²) in [5.74, 6) is 0.289. The molecule has 0 aromatic rings. The van der Waals surface area contributed by atoms with E-state index in [2.05, 4.69) is 19.9 Å². The van der Waals surface area contributed by atoms with Gasteiger partial charge in [0, 0.05) is 7.11 Å². The molecule has 0 radical (unpaired) electrons. The minimum absolute atomic E-state index is 0.289. The van der Waals surface area contributed by atoms with Crippen molar-refractivity contribution in [3.63, 3.8) is 0 Å². The summed E-state index contributed by atoms with van der Waals surface area (Å²) in [5, 5.41) is 0. The number of ether oxygens (including phenoxy) is 1. The fourth-order valence-corrected chi connectivity index (χ4v) is 3.55. The molecule has 2 aliphatic rings. The zero-order chi connectivity index (χ0) is 14.6. The number of carbonyl (C=O) groups is 1. The van der Waals surface area contributed by atoms with Gasteiger partial charge in [-0.1, -0.05) is 32.8 Å². The first-order valence-corrected chi connectivity index (χ1v) is 8.28. The molecular weight excluding hydrogens is 248 g/mol. The van der Waals surface area contributed by atoms with E-state index in [-0.39, 0.29) is 5.78 Å². The van der Waals surface area contributed by atoms with Crippen LogP contribution in [-0.4, -0.2) is 18.5 Å². The molecule has 1 saturated carbocycles. The van der Waals surface area contributed by atoms with Gasteiger partial charge in [-0.25, -0.2) is 0 Å². The molecule has 0 spiro atoms. The lowest BCUT2D eigenvalue weighted by Gasteiger charge is -2.42. The number of ketones is 1. The number of hydrogen-bond acceptors (Lipinski definition) is 2. The summed E-state index contributed by atoms with van der Waals surface area (Å²) >= 11 is 0. The topological polar surface area (TPSA) is 26.3 Å². The second kappa shape index (κ2) is 6.43. The highest BCUT2D eigenvalue weighted by Crippen LogP contribution is 2.43. The van der Waals surface area contributed by atoms with E-state index < -0.39 is 5.60 Å². The highest BCUT2D eigenvalue weighted by Gasteiger charge is 2.44. The van der Waals surface area contributed by atoms with Gasteiger partial charge in [-0.3, -0.25) is 4.79 Å². The van der Waals surface area contributed by atoms with Gasteiger partial charge in [-0.05, 0) is 62.4 Å². The Balaban J connectivity index is 2.12. The lowest BCUT2D eigenvalue weighted by atomic mass is 9.68. The molecule has 0 heterocycles. The molecule has 0 unspecified atom stereocenters. The highest BCUT2D eigenvalue weighted by atomic mass is 16.5. The minimum Gasteiger partial charge on any atom is -0.370 e. The fraction of sp³-hybridized carbons (Fsp3) is 0.833. The lowest BCUT2D eigenvalue weighted by molar-refractivity contribution is -0.144. The van der Waals surface area contributed by atoms with Gasteiger partial charge in [0.05, 0.1) is 0 Å². The maximum atomic E-state index is 13.0. The van der Waals surface area contributed by atoms with Crippen LogP contribution in [0.3, 0.4) is 0 Å². The Kier molecular flexibility index (Phi) is 5.06. The van der Waals surface area contributed by atoms with E-state index in [1.165, 1.54) is 19.3 Å². The van der Waals surface area contributed by atoms with Crippen LogP contribution in [0.1, 0.15) is 78.1 Å². The Morgan fingerprint density at radius 1 is 1.05 bits per heavy atom. The molecule has 0 N–H and O–H groups in total. The monoisotopic (exact) mass is 278 g/mol. The molecular formula is C18H30O2. The van der Waals surface area contributed by atoms with E-state index >= 15 is 0 Å². The second-order valence-corrected chi connectivity index (χ2v) is 7.37. The van der Waals surface area contributed by atoms with Gasteiger partial charge < -0.3 is 4.74 Å². The third kappa shape index (κ3) is 3.52. The molecule has 0 aromatic carbocycles. The Hall–Kier alpha value is -0.630. The summed E-state index contributed by atoms with van der Waals surface area (Å²) in [4.78, 5) is 13.0. The number of hydrogen-bond donors (Lipinski definition) is 0. The second-order valence-electron chi connectivity index (χ2n) is 7.37. The fourth-order valence-electron chi connectivity index (χ4n) is 3.55. The van der Waals surface area contributed by atoms with Crippen LogP contribution in [0.4, 0.5) is 0 Å². The summed E-state index contributed by atoms with van der Waals surface area (Å²) in [5.41, 5.74) is 0.879. The zero-order valence-corrected chi connectivity index (χ0v) is 13.5. The van der Waals surface area contributed by atoms with Crippen molar-refractivity contribution in [3.8, 4) is 0 Å². The van der Waals surface area contributed by atoms with Gasteiger partial charge in [0.15, 0.2) is 5.78 Å². The first-order chi connectivity index (χ1) is 9.49. The van der Waals surface area contributed by atoms with Crippen molar-refractivity contribution < 1.29 is 9.53 Å². The number of allylic oxidation sites excluding steroid dienone is 1. The normalized spacial score (nSPS) is 26.2. The van der Waals surface area contributed by atoms with Crippen LogP contribution in [0.25, 0.3) is 0 Å². The summed E-state index contributed by atoms with van der Waals surface area (Å²) in [6.07, 6.45) is 13.1. The number of methoxy groups -OCH3 is 1. The van der Waals surface area contributed by atoms with Crippen LogP contribution in [0.15, 0.2) is 11.6 Å². The van der Waals surface area contributed by atoms with Crippen molar-refractivity contribution >= 4 is 5.78 Å². The Labute approximate surface area is 124 Å². The van der Waals surface area contributed by atoms with E-state index in [0.717, 1.165) is 50.5 Å². The molecule has 2 rings (SSSR count). The minimum atomic E-state index is -0.527. The van der Waals surface area contributed by atoms with Crippen LogP contribution in [0.5, 0.6) is 0 Å². The highest BCUT2D eigenvalue weighted by molar-refractivity contribution is 6.02. The third-order valence-electron chi connectivity index (χ3n) is 5.30. The maximum absolute atomic E-state index is 13.0. The van der Waals surface area contributed by atoms with Crippen LogP contribution in [0.2, 0.25) is 0 Å². The van der Waals surface area contributed by atoms with Gasteiger partial charge in [0.25, 0.3) is 0 Å². The molecule has 0 bridgehead atoms. The van der Waals surface area contributed by atoms with Crippen LogP contribution < -0.4 is 0 Å². The molecule has 2 aliphatic carbocycles. The number of carbonyl (C=O) groups excluding carboxylic acids is 1. The van der Waals surface area contributed by atoms with Crippen molar-refractivity contribution in [1.29, 1.82) is 0 Å². The Morgan fingerprint density at radius 3 is 2.35 bits per heavy atom. The van der Waals surface area contributed by atoms with E-state index in [0.29, 0.717) is 5.41 Å². The molecule has 114 valence electrons. The van der Waals surface area contributed by atoms with Gasteiger partial charge in [0.2, 0.25) is 0 Å². The Bertz CT molecular complexity index is 369. The van der Waals surface area contributed by atoms with Crippen molar-refractivity contribution in [1.82, 2.24) is 0 Å². The molecule has 0 aromatic heterocycles. The predicted molar refractivity (Wildman–Crippen MR) is 82.8 cm³/mol. The van der Waals surface area contributed by atoms with Gasteiger partial charge in [-0.2, -0.15) is 0 Å². The molecule has 1 fully saturated rings. The SMILES string of the molecule is COC1(C(=O)C2=CCCCCCC2)CCC(C)(C)CC1. The number of rotatable bonds is 3. The van der Waals surface area contributed by atoms with Crippen LogP contribution >= 0.6 is 0 Å². The number of Topliss-reactive ketones (excluding diaryl/α,β-unsaturated/α-hetero) is 1. The van der Waals surface area contributed by atoms with Gasteiger partial charge >= 0.3 is 0 Å². The molecule has 2 nitrogen and oxygen atoms in total. The average molecular weight is 278 g/mol. The largest absolute Gasteiger partial charge is 0.370 e. The predicted octanol–water partition coefficient (Wildman–Crippen LogP) is 4.82. The lowest BCUT2D eigenvalue weighted by Crippen LogP contribution is -2.46. The quantitative estimate of drug-likeness (QED) is 0.739. The summed E-state index contributed by atoms with van der Waals surface area (Å²) in [7, 11) is 1.72. The molecule has 0 saturated heterocycles. The smallest absolute Gasteiger partial charge is 0.190 e. The van der Waals surface area contributed by atoms with Crippen molar-refractivity contribution in [2.45, 2.75) is 83.7 Å². The molecule has 0 amide bonds. The Morgan fingerprint density at radius 2 is 1.70 bits per heavy atom. The average Bonchev–Trinajstić information content (AvgIpc) is 2.38. The van der Waals surface area contributed by atoms with E-state index in [9.17, 15) is 4.79 Å². The summed E-state index contributed by atoms with van der Waals surface area (Å²) in [6.45, 7) is 4.60. The van der Waals surface area contributed by atoms with Crippen LogP contribution in [-0.2, 0) is 9.53 Å². The van der Waals surface area contributed by atoms with Gasteiger partial charge in [-0.15, -0.1) is 0 Å². The first kappa shape index (κ1) is 15.8. The standard InChI is InChI=1S/C18H30O2/c1-17(2)11-13-18(20-3,14-12-17)16(19)15-9-7-5-4-6-8-10-15/h9H,4-8,10-14H2,1-3H3. The molecule has 0 aliphatic heterocycles.